The highest BCUT2D eigenvalue weighted by Gasteiger charge is 2.48. The van der Waals surface area contributed by atoms with Crippen LogP contribution in [0.5, 0.6) is 0 Å². The number of nitrogens with one attached hydrogen (secondary N) is 2. The van der Waals surface area contributed by atoms with Crippen LogP contribution in [0, 0.1) is 29.1 Å². The average Bonchev–Trinajstić information content (AvgIpc) is 3.43. The van der Waals surface area contributed by atoms with E-state index in [4.69, 9.17) is 4.74 Å². The van der Waals surface area contributed by atoms with E-state index in [2.05, 4.69) is 55.1 Å². The predicted octanol–water partition coefficient (Wildman–Crippen LogP) is 4.16. The number of fused-ring (bicyclic) bond motifs is 1. The molecule has 1 saturated carbocycles. The predicted molar refractivity (Wildman–Crippen MR) is 163 cm³/mol. The number of rotatable bonds is 7. The summed E-state index contributed by atoms with van der Waals surface area (Å²) in [6, 6.07) is 1.04. The molecule has 0 aromatic rings. The molecule has 1 aliphatic carbocycles. The fraction of sp³-hybridized carbons (Fsp3) is 0.938. The molecule has 0 radical (unpaired) electrons. The highest BCUT2D eigenvalue weighted by molar-refractivity contribution is 8.01. The molecule has 40 heavy (non-hydrogen) atoms. The van der Waals surface area contributed by atoms with Crippen molar-refractivity contribution in [1.82, 2.24) is 20.4 Å². The van der Waals surface area contributed by atoms with Crippen molar-refractivity contribution in [2.75, 3.05) is 45.9 Å². The second-order valence-corrected chi connectivity index (χ2v) is 16.2. The molecule has 4 saturated heterocycles. The van der Waals surface area contributed by atoms with Crippen LogP contribution in [0.15, 0.2) is 0 Å². The molecule has 9 unspecified atom stereocenters. The molecule has 5 aliphatic rings. The number of morpholine rings is 1. The molecule has 0 aromatic heterocycles. The van der Waals surface area contributed by atoms with E-state index in [0.717, 1.165) is 97.3 Å². The third kappa shape index (κ3) is 7.20. The van der Waals surface area contributed by atoms with E-state index in [1.165, 1.54) is 0 Å². The average molecular weight is 577 g/mol. The number of likely N-dealkylation sites (tertiary alicyclic amines) is 1. The molecule has 2 amide bonds. The zero-order valence-corrected chi connectivity index (χ0v) is 26.6. The Morgan fingerprint density at radius 2 is 1.82 bits per heavy atom. The van der Waals surface area contributed by atoms with Crippen LogP contribution in [0.3, 0.4) is 0 Å². The van der Waals surface area contributed by atoms with Crippen LogP contribution >= 0.6 is 11.8 Å². The Morgan fingerprint density at radius 3 is 2.55 bits per heavy atom. The van der Waals surface area contributed by atoms with E-state index in [1.807, 2.05) is 11.8 Å². The van der Waals surface area contributed by atoms with Crippen molar-refractivity contribution in [3.05, 3.63) is 0 Å². The van der Waals surface area contributed by atoms with Crippen molar-refractivity contribution < 1.29 is 14.3 Å². The first-order valence-electron chi connectivity index (χ1n) is 16.4. The number of nitrogens with zero attached hydrogens (tertiary/aromatic N) is 2. The van der Waals surface area contributed by atoms with Crippen molar-refractivity contribution >= 4 is 23.6 Å². The van der Waals surface area contributed by atoms with Gasteiger partial charge in [-0.15, -0.1) is 11.8 Å². The number of piperidine rings is 2. The quantitative estimate of drug-likeness (QED) is 0.474. The van der Waals surface area contributed by atoms with Crippen LogP contribution in [0.2, 0.25) is 0 Å². The van der Waals surface area contributed by atoms with E-state index in [-0.39, 0.29) is 28.5 Å². The molecule has 228 valence electrons. The monoisotopic (exact) mass is 576 g/mol. The maximum Gasteiger partial charge on any atom is 0.233 e. The fourth-order valence-corrected chi connectivity index (χ4v) is 9.83. The van der Waals surface area contributed by atoms with Crippen molar-refractivity contribution in [2.24, 2.45) is 29.1 Å². The van der Waals surface area contributed by atoms with Gasteiger partial charge in [-0.1, -0.05) is 27.7 Å². The van der Waals surface area contributed by atoms with Gasteiger partial charge in [0.05, 0.1) is 18.5 Å². The van der Waals surface area contributed by atoms with Gasteiger partial charge in [-0.2, -0.15) is 0 Å². The Morgan fingerprint density at radius 1 is 1.05 bits per heavy atom. The minimum Gasteiger partial charge on any atom is -0.379 e. The zero-order valence-electron chi connectivity index (χ0n) is 25.8. The summed E-state index contributed by atoms with van der Waals surface area (Å²) in [5.41, 5.74) is 0.240. The van der Waals surface area contributed by atoms with Crippen LogP contribution < -0.4 is 10.6 Å². The summed E-state index contributed by atoms with van der Waals surface area (Å²) in [5.74, 6) is 2.14. The molecular formula is C32H56N4O3S. The number of hydrogen-bond donors (Lipinski definition) is 2. The van der Waals surface area contributed by atoms with Gasteiger partial charge in [-0.3, -0.25) is 14.5 Å². The minimum atomic E-state index is 0.0800. The van der Waals surface area contributed by atoms with Gasteiger partial charge < -0.3 is 20.3 Å². The highest BCUT2D eigenvalue weighted by atomic mass is 32.2. The van der Waals surface area contributed by atoms with Gasteiger partial charge in [0.25, 0.3) is 0 Å². The Balaban J connectivity index is 1.22. The molecule has 2 N–H and O–H groups in total. The summed E-state index contributed by atoms with van der Waals surface area (Å²) in [6.07, 6.45) is 8.31. The van der Waals surface area contributed by atoms with Crippen LogP contribution in [0.4, 0.5) is 0 Å². The van der Waals surface area contributed by atoms with Gasteiger partial charge in [0.1, 0.15) is 0 Å². The first-order valence-corrected chi connectivity index (χ1v) is 17.3. The molecule has 5 rings (SSSR count). The molecule has 4 heterocycles. The topological polar surface area (TPSA) is 73.9 Å². The van der Waals surface area contributed by atoms with E-state index in [9.17, 15) is 9.59 Å². The second-order valence-electron chi connectivity index (χ2n) is 14.8. The number of amides is 2. The normalized spacial score (nSPS) is 39.7. The molecule has 0 spiro atoms. The smallest absolute Gasteiger partial charge is 0.233 e. The first-order chi connectivity index (χ1) is 19.1. The lowest BCUT2D eigenvalue weighted by atomic mass is 9.65. The van der Waals surface area contributed by atoms with Crippen molar-refractivity contribution in [1.29, 1.82) is 0 Å². The van der Waals surface area contributed by atoms with Gasteiger partial charge in [0, 0.05) is 62.0 Å². The molecule has 7 nitrogen and oxygen atoms in total. The Hall–Kier alpha value is -0.830. The minimum absolute atomic E-state index is 0.0800. The van der Waals surface area contributed by atoms with Crippen molar-refractivity contribution in [3.8, 4) is 0 Å². The van der Waals surface area contributed by atoms with Crippen molar-refractivity contribution in [3.63, 3.8) is 0 Å². The number of thioether (sulfide) groups is 1. The molecular weight excluding hydrogens is 520 g/mol. The summed E-state index contributed by atoms with van der Waals surface area (Å²) in [6.45, 7) is 18.1. The van der Waals surface area contributed by atoms with E-state index >= 15 is 0 Å². The summed E-state index contributed by atoms with van der Waals surface area (Å²) in [7, 11) is 0. The van der Waals surface area contributed by atoms with Gasteiger partial charge in [-0.05, 0) is 81.5 Å². The maximum atomic E-state index is 14.3. The second kappa shape index (κ2) is 13.2. The summed E-state index contributed by atoms with van der Waals surface area (Å²) in [5, 5.41) is 7.82. The van der Waals surface area contributed by atoms with Gasteiger partial charge in [0.15, 0.2) is 0 Å². The number of carbonyl (C=O) groups excluding carboxylic acids is 2. The lowest BCUT2D eigenvalue weighted by molar-refractivity contribution is -0.151. The number of ether oxygens (including phenoxy) is 1. The van der Waals surface area contributed by atoms with Gasteiger partial charge in [0.2, 0.25) is 11.8 Å². The van der Waals surface area contributed by atoms with E-state index < -0.39 is 0 Å². The summed E-state index contributed by atoms with van der Waals surface area (Å²) in [4.78, 5) is 32.4. The van der Waals surface area contributed by atoms with Gasteiger partial charge >= 0.3 is 0 Å². The molecule has 0 bridgehead atoms. The van der Waals surface area contributed by atoms with Crippen LogP contribution in [-0.2, 0) is 14.3 Å². The summed E-state index contributed by atoms with van der Waals surface area (Å²) < 4.78 is 5.53. The lowest BCUT2D eigenvalue weighted by Crippen LogP contribution is -2.61. The van der Waals surface area contributed by atoms with Crippen LogP contribution in [-0.4, -0.2) is 96.2 Å². The molecule has 8 heteroatoms. The van der Waals surface area contributed by atoms with E-state index in [1.54, 1.807) is 0 Å². The van der Waals surface area contributed by atoms with Crippen molar-refractivity contribution in [2.45, 2.75) is 115 Å². The Bertz CT molecular complexity index is 875. The first kappa shape index (κ1) is 30.6. The maximum absolute atomic E-state index is 14.3. The SMILES string of the molecule is CC1CC2C(CN1)CC(C1CC(NC(=O)C3CCC(C(C)(C)C)S3)CCC1C)C(=O)N2CCCN1CCOCC1. The standard InChI is InChI=1S/C32H56N4O3S/c1-21-7-8-24(34-30(37)28-9-10-29(40-28)32(3,4)5)19-25(21)26-18-23-20-33-22(2)17-27(23)36(31(26)38)12-6-11-35-13-15-39-16-14-35/h21-29,33H,6-20H2,1-5H3,(H,34,37). The summed E-state index contributed by atoms with van der Waals surface area (Å²) >= 11 is 1.88. The number of carbonyl (C=O) groups is 2. The molecule has 9 atom stereocenters. The largest absolute Gasteiger partial charge is 0.379 e. The number of hydrogen-bond acceptors (Lipinski definition) is 6. The third-order valence-electron chi connectivity index (χ3n) is 10.8. The van der Waals surface area contributed by atoms with Crippen LogP contribution in [0.25, 0.3) is 0 Å². The molecule has 4 aliphatic heterocycles. The van der Waals surface area contributed by atoms with E-state index in [0.29, 0.717) is 41.0 Å². The lowest BCUT2D eigenvalue weighted by Gasteiger charge is -2.51. The highest BCUT2D eigenvalue weighted by Crippen LogP contribution is 2.45. The van der Waals surface area contributed by atoms with Crippen LogP contribution in [0.1, 0.15) is 86.0 Å². The Kier molecular flexibility index (Phi) is 10.1. The molecule has 0 aromatic carbocycles. The third-order valence-corrected chi connectivity index (χ3v) is 12.9. The van der Waals surface area contributed by atoms with Gasteiger partial charge in [-0.25, -0.2) is 0 Å². The fourth-order valence-electron chi connectivity index (χ4n) is 8.29. The zero-order chi connectivity index (χ0) is 28.4. The molecule has 5 fully saturated rings. The Labute approximate surface area is 247 Å².